The van der Waals surface area contributed by atoms with Gasteiger partial charge >= 0.3 is 0 Å². The topological polar surface area (TPSA) is 78.4 Å². The first-order valence-electron chi connectivity index (χ1n) is 6.89. The Morgan fingerprint density at radius 3 is 2.86 bits per heavy atom. The van der Waals surface area contributed by atoms with Crippen LogP contribution in [0.3, 0.4) is 0 Å². The first-order valence-corrected chi connectivity index (χ1v) is 6.89. The fourth-order valence-electron chi connectivity index (χ4n) is 2.75. The average Bonchev–Trinajstić information content (AvgIpc) is 2.87. The maximum Gasteiger partial charge on any atom is 0.276 e. The largest absolute Gasteiger partial charge is 0.488 e. The van der Waals surface area contributed by atoms with Gasteiger partial charge in [0, 0.05) is 12.1 Å². The van der Waals surface area contributed by atoms with Gasteiger partial charge < -0.3 is 10.5 Å². The van der Waals surface area contributed by atoms with Crippen LogP contribution in [0.5, 0.6) is 5.75 Å². The van der Waals surface area contributed by atoms with Crippen LogP contribution in [0.1, 0.15) is 29.2 Å². The number of benzene rings is 2. The fraction of sp³-hybridized carbons (Fsp3) is 0.250. The summed E-state index contributed by atoms with van der Waals surface area (Å²) >= 11 is 0. The van der Waals surface area contributed by atoms with E-state index in [-0.39, 0.29) is 23.3 Å². The fourth-order valence-corrected chi connectivity index (χ4v) is 2.75. The lowest BCUT2D eigenvalue weighted by atomic mass is 10.1. The molecule has 1 atom stereocenters. The van der Waals surface area contributed by atoms with Crippen molar-refractivity contribution in [3.8, 4) is 5.75 Å². The molecule has 2 N–H and O–H groups in total. The number of rotatable bonds is 4. The van der Waals surface area contributed by atoms with E-state index in [9.17, 15) is 10.1 Å². The predicted molar refractivity (Wildman–Crippen MR) is 79.1 cm³/mol. The highest BCUT2D eigenvalue weighted by molar-refractivity contribution is 5.45. The van der Waals surface area contributed by atoms with Crippen LogP contribution in [-0.4, -0.2) is 4.92 Å². The first kappa shape index (κ1) is 13.6. The van der Waals surface area contributed by atoms with Gasteiger partial charge in [0.15, 0.2) is 0 Å². The first-order chi connectivity index (χ1) is 10.2. The van der Waals surface area contributed by atoms with Gasteiger partial charge in [0.25, 0.3) is 5.69 Å². The van der Waals surface area contributed by atoms with Gasteiger partial charge in [-0.3, -0.25) is 10.1 Å². The third kappa shape index (κ3) is 2.60. The van der Waals surface area contributed by atoms with Gasteiger partial charge in [0.2, 0.25) is 0 Å². The number of fused-ring (bicyclic) bond motifs is 1. The molecule has 108 valence electrons. The normalized spacial score (nSPS) is 16.5. The number of nitrogens with two attached hydrogens (primary N) is 1. The summed E-state index contributed by atoms with van der Waals surface area (Å²) in [6.07, 6.45) is 1.81. The highest BCUT2D eigenvalue weighted by Crippen LogP contribution is 2.36. The van der Waals surface area contributed by atoms with Crippen molar-refractivity contribution in [1.29, 1.82) is 0 Å². The van der Waals surface area contributed by atoms with Crippen molar-refractivity contribution in [3.05, 3.63) is 69.3 Å². The summed E-state index contributed by atoms with van der Waals surface area (Å²) in [6, 6.07) is 12.5. The third-order valence-corrected chi connectivity index (χ3v) is 3.85. The molecule has 0 amide bonds. The van der Waals surface area contributed by atoms with E-state index >= 15 is 0 Å². The monoisotopic (exact) mass is 284 g/mol. The van der Waals surface area contributed by atoms with E-state index in [1.54, 1.807) is 18.2 Å². The van der Waals surface area contributed by atoms with Gasteiger partial charge in [0.05, 0.1) is 10.5 Å². The van der Waals surface area contributed by atoms with Crippen molar-refractivity contribution < 1.29 is 9.66 Å². The lowest BCUT2D eigenvalue weighted by Crippen LogP contribution is -2.05. The number of nitrogens with zero attached hydrogens (tertiary/aromatic N) is 1. The predicted octanol–water partition coefficient (Wildman–Crippen LogP) is 3.12. The van der Waals surface area contributed by atoms with Gasteiger partial charge in [-0.1, -0.05) is 24.3 Å². The van der Waals surface area contributed by atoms with E-state index in [2.05, 4.69) is 0 Å². The molecule has 0 aliphatic heterocycles. The van der Waals surface area contributed by atoms with Crippen LogP contribution in [0.25, 0.3) is 0 Å². The van der Waals surface area contributed by atoms with Gasteiger partial charge in [-0.25, -0.2) is 0 Å². The van der Waals surface area contributed by atoms with Crippen LogP contribution in [-0.2, 0) is 13.0 Å². The second-order valence-corrected chi connectivity index (χ2v) is 5.14. The minimum atomic E-state index is -0.385. The van der Waals surface area contributed by atoms with Crippen molar-refractivity contribution >= 4 is 5.69 Å². The van der Waals surface area contributed by atoms with E-state index in [1.165, 1.54) is 6.07 Å². The zero-order chi connectivity index (χ0) is 14.8. The lowest BCUT2D eigenvalue weighted by molar-refractivity contribution is -0.385. The van der Waals surface area contributed by atoms with Gasteiger partial charge in [0.1, 0.15) is 12.4 Å². The summed E-state index contributed by atoms with van der Waals surface area (Å²) in [7, 11) is 0. The molecule has 5 nitrogen and oxygen atoms in total. The maximum atomic E-state index is 11.0. The molecule has 1 aliphatic rings. The average molecular weight is 284 g/mol. The Bertz CT molecular complexity index is 685. The van der Waals surface area contributed by atoms with Crippen LogP contribution in [0, 0.1) is 10.1 Å². The molecule has 0 bridgehead atoms. The summed E-state index contributed by atoms with van der Waals surface area (Å²) in [6.45, 7) is 0.183. The summed E-state index contributed by atoms with van der Waals surface area (Å²) in [4.78, 5) is 10.6. The molecule has 3 rings (SSSR count). The van der Waals surface area contributed by atoms with Crippen LogP contribution < -0.4 is 10.5 Å². The number of hydrogen-bond donors (Lipinski definition) is 1. The SMILES string of the molecule is NC1CCc2c(OCc3ccccc3[N+](=O)[O-])cccc21. The van der Waals surface area contributed by atoms with E-state index in [4.69, 9.17) is 10.5 Å². The number of ether oxygens (including phenoxy) is 1. The van der Waals surface area contributed by atoms with E-state index in [0.29, 0.717) is 5.56 Å². The maximum absolute atomic E-state index is 11.0. The molecule has 5 heteroatoms. The molecule has 2 aromatic rings. The zero-order valence-corrected chi connectivity index (χ0v) is 11.5. The zero-order valence-electron chi connectivity index (χ0n) is 11.5. The Morgan fingerprint density at radius 2 is 2.05 bits per heavy atom. The molecular weight excluding hydrogens is 268 g/mol. The van der Waals surface area contributed by atoms with Gasteiger partial charge in [-0.15, -0.1) is 0 Å². The highest BCUT2D eigenvalue weighted by Gasteiger charge is 2.22. The highest BCUT2D eigenvalue weighted by atomic mass is 16.6. The molecule has 0 radical (unpaired) electrons. The summed E-state index contributed by atoms with van der Waals surface area (Å²) in [5, 5.41) is 11.0. The third-order valence-electron chi connectivity index (χ3n) is 3.85. The Labute approximate surface area is 122 Å². The molecule has 0 aromatic heterocycles. The number of para-hydroxylation sites is 1. The van der Waals surface area contributed by atoms with Crippen LogP contribution in [0.2, 0.25) is 0 Å². The molecule has 1 unspecified atom stereocenters. The Morgan fingerprint density at radius 1 is 1.24 bits per heavy atom. The molecule has 0 heterocycles. The van der Waals surface area contributed by atoms with Crippen molar-refractivity contribution in [2.45, 2.75) is 25.5 Å². The van der Waals surface area contributed by atoms with E-state index < -0.39 is 0 Å². The second kappa shape index (κ2) is 5.54. The Kier molecular flexibility index (Phi) is 3.58. The molecule has 0 saturated heterocycles. The molecule has 21 heavy (non-hydrogen) atoms. The number of hydrogen-bond acceptors (Lipinski definition) is 4. The second-order valence-electron chi connectivity index (χ2n) is 5.14. The molecule has 0 spiro atoms. The van der Waals surface area contributed by atoms with Gasteiger partial charge in [-0.2, -0.15) is 0 Å². The Hall–Kier alpha value is -2.40. The van der Waals surface area contributed by atoms with Crippen molar-refractivity contribution in [3.63, 3.8) is 0 Å². The minimum absolute atomic E-state index is 0.0645. The van der Waals surface area contributed by atoms with E-state index in [0.717, 1.165) is 29.7 Å². The standard InChI is InChI=1S/C16H16N2O3/c17-14-9-8-13-12(14)5-3-7-16(13)21-10-11-4-1-2-6-15(11)18(19)20/h1-7,14H,8-10,17H2. The number of nitro groups is 1. The molecule has 1 aliphatic carbocycles. The summed E-state index contributed by atoms with van der Waals surface area (Å²) in [5.41, 5.74) is 8.95. The van der Waals surface area contributed by atoms with Crippen molar-refractivity contribution in [2.24, 2.45) is 5.73 Å². The molecule has 2 aromatic carbocycles. The van der Waals surface area contributed by atoms with Crippen LogP contribution >= 0.6 is 0 Å². The van der Waals surface area contributed by atoms with Crippen molar-refractivity contribution in [2.75, 3.05) is 0 Å². The Balaban J connectivity index is 1.82. The van der Waals surface area contributed by atoms with E-state index in [1.807, 2.05) is 18.2 Å². The lowest BCUT2D eigenvalue weighted by Gasteiger charge is -2.11. The van der Waals surface area contributed by atoms with Crippen LogP contribution in [0.15, 0.2) is 42.5 Å². The minimum Gasteiger partial charge on any atom is -0.488 e. The van der Waals surface area contributed by atoms with Gasteiger partial charge in [-0.05, 0) is 36.1 Å². The molecular formula is C16H16N2O3. The summed E-state index contributed by atoms with van der Waals surface area (Å²) in [5.74, 6) is 0.776. The summed E-state index contributed by atoms with van der Waals surface area (Å²) < 4.78 is 5.81. The van der Waals surface area contributed by atoms with Crippen LogP contribution in [0.4, 0.5) is 5.69 Å². The van der Waals surface area contributed by atoms with Crippen molar-refractivity contribution in [1.82, 2.24) is 0 Å². The number of nitro benzene ring substituents is 1. The quantitative estimate of drug-likeness (QED) is 0.691. The molecule has 0 fully saturated rings. The molecule has 0 saturated carbocycles. The smallest absolute Gasteiger partial charge is 0.276 e.